The van der Waals surface area contributed by atoms with E-state index in [-0.39, 0.29) is 24.2 Å². The van der Waals surface area contributed by atoms with Crippen molar-refractivity contribution in [2.45, 2.75) is 45.4 Å². The number of ether oxygens (including phenoxy) is 2. The van der Waals surface area contributed by atoms with Crippen molar-refractivity contribution in [3.63, 3.8) is 0 Å². The molecule has 0 spiro atoms. The molecule has 1 amide bonds. The van der Waals surface area contributed by atoms with Crippen molar-refractivity contribution in [3.8, 4) is 0 Å². The van der Waals surface area contributed by atoms with Crippen molar-refractivity contribution in [2.75, 3.05) is 40.4 Å². The summed E-state index contributed by atoms with van der Waals surface area (Å²) in [4.78, 5) is 15.6. The van der Waals surface area contributed by atoms with Crippen LogP contribution in [-0.4, -0.2) is 77.6 Å². The Balaban J connectivity index is 1.94. The quantitative estimate of drug-likeness (QED) is 0.735. The van der Waals surface area contributed by atoms with Gasteiger partial charge in [-0.1, -0.05) is 6.92 Å². The van der Waals surface area contributed by atoms with Crippen molar-refractivity contribution >= 4 is 5.91 Å². The number of morpholine rings is 1. The number of likely N-dealkylation sites (N-methyl/N-ethyl adjacent to an activating group) is 1. The number of aromatic nitrogens is 2. The van der Waals surface area contributed by atoms with Crippen molar-refractivity contribution in [2.24, 2.45) is 7.05 Å². The number of hydrogen-bond donors (Lipinski definition) is 0. The maximum Gasteiger partial charge on any atom is 0.248 e. The maximum atomic E-state index is 11.6. The molecule has 7 nitrogen and oxygen atoms in total. The molecule has 1 aliphatic rings. The summed E-state index contributed by atoms with van der Waals surface area (Å²) in [6.07, 6.45) is 2.99. The number of nitrogens with zero attached hydrogens (tertiary/aromatic N) is 4. The summed E-state index contributed by atoms with van der Waals surface area (Å²) in [6.45, 7) is 9.35. The number of hydrogen-bond acceptors (Lipinski definition) is 5. The summed E-state index contributed by atoms with van der Waals surface area (Å²) in [5.74, 6) is -0.0325. The molecule has 1 atom stereocenters. The second-order valence-electron chi connectivity index (χ2n) is 7.60. The van der Waals surface area contributed by atoms with E-state index in [1.165, 1.54) is 10.5 Å². The van der Waals surface area contributed by atoms with Gasteiger partial charge in [-0.25, -0.2) is 0 Å². The molecule has 1 fully saturated rings. The van der Waals surface area contributed by atoms with Crippen LogP contribution in [0.1, 0.15) is 32.0 Å². The zero-order chi connectivity index (χ0) is 18.6. The third-order valence-electron chi connectivity index (χ3n) is 4.30. The van der Waals surface area contributed by atoms with Gasteiger partial charge in [0.25, 0.3) is 0 Å². The smallest absolute Gasteiger partial charge is 0.248 e. The molecule has 0 aromatic carbocycles. The number of carbonyl (C=O) groups excluding carboxylic acids is 1. The summed E-state index contributed by atoms with van der Waals surface area (Å²) >= 11 is 0. The zero-order valence-corrected chi connectivity index (χ0v) is 16.4. The minimum absolute atomic E-state index is 0.0325. The Kier molecular flexibility index (Phi) is 6.59. The van der Waals surface area contributed by atoms with Crippen LogP contribution in [0.4, 0.5) is 0 Å². The second kappa shape index (κ2) is 8.29. The fourth-order valence-electron chi connectivity index (χ4n) is 3.29. The molecule has 1 aromatic rings. The van der Waals surface area contributed by atoms with E-state index in [1.54, 1.807) is 14.1 Å². The molecule has 2 rings (SSSR count). The molecule has 0 N–H and O–H groups in total. The van der Waals surface area contributed by atoms with Gasteiger partial charge in [0.05, 0.1) is 24.0 Å². The number of rotatable bonds is 7. The van der Waals surface area contributed by atoms with Crippen LogP contribution in [-0.2, 0) is 34.3 Å². The van der Waals surface area contributed by atoms with Gasteiger partial charge < -0.3 is 14.4 Å². The monoisotopic (exact) mass is 352 g/mol. The molecule has 0 radical (unpaired) electrons. The van der Waals surface area contributed by atoms with Crippen LogP contribution in [0, 0.1) is 0 Å². The third kappa shape index (κ3) is 5.80. The van der Waals surface area contributed by atoms with E-state index >= 15 is 0 Å². The molecule has 142 valence electrons. The fraction of sp³-hybridized carbons (Fsp3) is 0.778. The van der Waals surface area contributed by atoms with Gasteiger partial charge in [-0.05, 0) is 20.3 Å². The standard InChI is InChI=1S/C18H32N4O3/c1-7-16-14(8-21(6)19-16)9-22-10-15(25-18(2,3)13-22)11-24-12-17(23)20(4)5/h8,15H,7,9-13H2,1-6H3/t15-/m0/s1. The maximum absolute atomic E-state index is 11.6. The first-order valence-electron chi connectivity index (χ1n) is 8.89. The highest BCUT2D eigenvalue weighted by Gasteiger charge is 2.34. The van der Waals surface area contributed by atoms with Crippen molar-refractivity contribution in [1.29, 1.82) is 0 Å². The van der Waals surface area contributed by atoms with E-state index in [1.807, 2.05) is 11.7 Å². The van der Waals surface area contributed by atoms with Gasteiger partial charge in [0, 0.05) is 52.5 Å². The van der Waals surface area contributed by atoms with Crippen LogP contribution in [0.5, 0.6) is 0 Å². The van der Waals surface area contributed by atoms with Gasteiger partial charge in [-0.2, -0.15) is 5.10 Å². The Morgan fingerprint density at radius 1 is 1.48 bits per heavy atom. The topological polar surface area (TPSA) is 59.8 Å². The average Bonchev–Trinajstić information content (AvgIpc) is 2.85. The minimum Gasteiger partial charge on any atom is -0.369 e. The molecular weight excluding hydrogens is 320 g/mol. The van der Waals surface area contributed by atoms with E-state index in [4.69, 9.17) is 9.47 Å². The number of amides is 1. The zero-order valence-electron chi connectivity index (χ0n) is 16.4. The van der Waals surface area contributed by atoms with Crippen LogP contribution in [0.15, 0.2) is 6.20 Å². The van der Waals surface area contributed by atoms with Crippen LogP contribution in [0.2, 0.25) is 0 Å². The van der Waals surface area contributed by atoms with Crippen molar-refractivity contribution in [1.82, 2.24) is 19.6 Å². The van der Waals surface area contributed by atoms with E-state index in [0.29, 0.717) is 6.61 Å². The normalized spacial score (nSPS) is 20.6. The molecule has 1 aliphatic heterocycles. The Morgan fingerprint density at radius 3 is 2.84 bits per heavy atom. The summed E-state index contributed by atoms with van der Waals surface area (Å²) in [5, 5.41) is 4.53. The number of aryl methyl sites for hydroxylation is 2. The van der Waals surface area contributed by atoms with Gasteiger partial charge in [-0.3, -0.25) is 14.4 Å². The average molecular weight is 352 g/mol. The Bertz CT molecular complexity index is 583. The number of carbonyl (C=O) groups is 1. The van der Waals surface area contributed by atoms with E-state index in [9.17, 15) is 4.79 Å². The third-order valence-corrected chi connectivity index (χ3v) is 4.30. The summed E-state index contributed by atoms with van der Waals surface area (Å²) in [7, 11) is 5.42. The fourth-order valence-corrected chi connectivity index (χ4v) is 3.29. The Hall–Kier alpha value is -1.44. The van der Waals surface area contributed by atoms with E-state index in [2.05, 4.69) is 37.0 Å². The minimum atomic E-state index is -0.244. The first-order chi connectivity index (χ1) is 11.7. The van der Waals surface area contributed by atoms with E-state index in [0.717, 1.165) is 31.7 Å². The predicted molar refractivity (Wildman–Crippen MR) is 96.3 cm³/mol. The van der Waals surface area contributed by atoms with E-state index < -0.39 is 0 Å². The molecule has 0 aliphatic carbocycles. The van der Waals surface area contributed by atoms with Crippen LogP contribution in [0.25, 0.3) is 0 Å². The highest BCUT2D eigenvalue weighted by Crippen LogP contribution is 2.23. The van der Waals surface area contributed by atoms with Crippen LogP contribution in [0.3, 0.4) is 0 Å². The molecule has 25 heavy (non-hydrogen) atoms. The first-order valence-corrected chi connectivity index (χ1v) is 8.89. The predicted octanol–water partition coefficient (Wildman–Crippen LogP) is 1.07. The van der Waals surface area contributed by atoms with Crippen molar-refractivity contribution < 1.29 is 14.3 Å². The van der Waals surface area contributed by atoms with Gasteiger partial charge >= 0.3 is 0 Å². The molecule has 0 saturated carbocycles. The lowest BCUT2D eigenvalue weighted by Gasteiger charge is -2.42. The summed E-state index contributed by atoms with van der Waals surface area (Å²) in [6, 6.07) is 0. The lowest BCUT2D eigenvalue weighted by atomic mass is 10.0. The SMILES string of the molecule is CCc1nn(C)cc1CN1C[C@@H](COCC(=O)N(C)C)OC(C)(C)C1. The van der Waals surface area contributed by atoms with Crippen LogP contribution >= 0.6 is 0 Å². The van der Waals surface area contributed by atoms with Gasteiger partial charge in [-0.15, -0.1) is 0 Å². The second-order valence-corrected chi connectivity index (χ2v) is 7.60. The molecular formula is C18H32N4O3. The molecule has 2 heterocycles. The van der Waals surface area contributed by atoms with Gasteiger partial charge in [0.15, 0.2) is 0 Å². The molecule has 1 saturated heterocycles. The van der Waals surface area contributed by atoms with Gasteiger partial charge in [0.2, 0.25) is 5.91 Å². The largest absolute Gasteiger partial charge is 0.369 e. The van der Waals surface area contributed by atoms with Crippen molar-refractivity contribution in [3.05, 3.63) is 17.5 Å². The Labute approximate surface area is 150 Å². The highest BCUT2D eigenvalue weighted by molar-refractivity contribution is 5.76. The molecule has 1 aromatic heterocycles. The Morgan fingerprint density at radius 2 is 2.20 bits per heavy atom. The summed E-state index contributed by atoms with van der Waals surface area (Å²) in [5.41, 5.74) is 2.17. The van der Waals surface area contributed by atoms with Gasteiger partial charge in [0.1, 0.15) is 6.61 Å². The molecule has 7 heteroatoms. The lowest BCUT2D eigenvalue weighted by Crippen LogP contribution is -2.53. The van der Waals surface area contributed by atoms with Crippen LogP contribution < -0.4 is 0 Å². The first kappa shape index (κ1) is 19.9. The molecule has 0 bridgehead atoms. The highest BCUT2D eigenvalue weighted by atomic mass is 16.5. The summed E-state index contributed by atoms with van der Waals surface area (Å²) < 4.78 is 13.6. The lowest BCUT2D eigenvalue weighted by molar-refractivity contribution is -0.161. The molecule has 0 unspecified atom stereocenters.